The molecule has 2 aromatic rings. The van der Waals surface area contributed by atoms with Crippen LogP contribution in [0.2, 0.25) is 0 Å². The largest absolute Gasteiger partial charge is 0.406 e. The highest BCUT2D eigenvalue weighted by atomic mass is 32.2. The molecule has 1 saturated heterocycles. The molecule has 2 heterocycles. The van der Waals surface area contributed by atoms with Crippen LogP contribution in [0.4, 0.5) is 13.2 Å². The minimum Gasteiger partial charge on any atom is -0.374 e. The van der Waals surface area contributed by atoms with Gasteiger partial charge in [-0.05, 0) is 18.4 Å². The molecule has 0 spiro atoms. The Hall–Kier alpha value is -2.00. The van der Waals surface area contributed by atoms with Gasteiger partial charge >= 0.3 is 6.18 Å². The molecule has 2 fully saturated rings. The van der Waals surface area contributed by atoms with Crippen molar-refractivity contribution in [3.63, 3.8) is 0 Å². The quantitative estimate of drug-likeness (QED) is 0.649. The van der Waals surface area contributed by atoms with Crippen molar-refractivity contribution in [2.24, 2.45) is 0 Å². The first kappa shape index (κ1) is 21.2. The lowest BCUT2D eigenvalue weighted by molar-refractivity contribution is -0.146. The number of fused-ring (bicyclic) bond motifs is 1. The van der Waals surface area contributed by atoms with Crippen molar-refractivity contribution in [3.05, 3.63) is 36.5 Å². The van der Waals surface area contributed by atoms with Gasteiger partial charge in [0.15, 0.2) is 5.16 Å². The van der Waals surface area contributed by atoms with E-state index >= 15 is 0 Å². The van der Waals surface area contributed by atoms with Crippen LogP contribution in [0.25, 0.3) is 11.3 Å². The van der Waals surface area contributed by atoms with Gasteiger partial charge in [0, 0.05) is 6.54 Å². The lowest BCUT2D eigenvalue weighted by Gasteiger charge is -2.43. The number of carbonyl (C=O) groups is 1. The molecule has 5 nitrogen and oxygen atoms in total. The summed E-state index contributed by atoms with van der Waals surface area (Å²) in [5, 5.41) is 0.202. The zero-order chi connectivity index (χ0) is 21.1. The van der Waals surface area contributed by atoms with E-state index in [1.807, 2.05) is 11.0 Å². The molecule has 0 radical (unpaired) electrons. The van der Waals surface area contributed by atoms with Gasteiger partial charge in [0.1, 0.15) is 6.54 Å². The Balaban J connectivity index is 1.50. The third-order valence-corrected chi connectivity index (χ3v) is 6.58. The van der Waals surface area contributed by atoms with Gasteiger partial charge in [-0.2, -0.15) is 13.2 Å². The van der Waals surface area contributed by atoms with Crippen molar-refractivity contribution in [2.45, 2.75) is 55.7 Å². The standard InChI is InChI=1S/C21H24F3N3O2S/c22-21(23,24)14-27-17(15-6-2-1-3-7-15)12-25-20(27)30-13-19(28)26-10-11-29-18-9-5-4-8-16(18)26/h1-3,6-7,12,16,18H,4-5,8-11,13-14H2. The number of rotatable bonds is 5. The van der Waals surface area contributed by atoms with E-state index in [2.05, 4.69) is 4.98 Å². The van der Waals surface area contributed by atoms with E-state index in [1.54, 1.807) is 24.3 Å². The first-order valence-electron chi connectivity index (χ1n) is 10.1. The molecule has 2 unspecified atom stereocenters. The van der Waals surface area contributed by atoms with E-state index in [0.29, 0.717) is 24.4 Å². The number of alkyl halides is 3. The highest BCUT2D eigenvalue weighted by molar-refractivity contribution is 7.99. The molecular formula is C21H24F3N3O2S. The normalized spacial score (nSPS) is 22.0. The summed E-state index contributed by atoms with van der Waals surface area (Å²) in [5.41, 5.74) is 1.05. The number of morpholine rings is 1. The lowest BCUT2D eigenvalue weighted by Crippen LogP contribution is -2.55. The number of thioether (sulfide) groups is 1. The second-order valence-corrected chi connectivity index (χ2v) is 8.57. The van der Waals surface area contributed by atoms with Crippen LogP contribution in [0, 0.1) is 0 Å². The smallest absolute Gasteiger partial charge is 0.374 e. The summed E-state index contributed by atoms with van der Waals surface area (Å²) in [6.07, 6.45) is 1.19. The molecule has 0 bridgehead atoms. The number of imidazole rings is 1. The molecule has 9 heteroatoms. The molecule has 162 valence electrons. The molecule has 0 N–H and O–H groups in total. The fourth-order valence-electron chi connectivity index (χ4n) is 4.26. The summed E-state index contributed by atoms with van der Waals surface area (Å²) in [5.74, 6) is -0.00482. The van der Waals surface area contributed by atoms with Crippen LogP contribution in [0.1, 0.15) is 25.7 Å². The molecule has 1 aromatic carbocycles. The fraction of sp³-hybridized carbons (Fsp3) is 0.524. The van der Waals surface area contributed by atoms with Gasteiger partial charge in [-0.1, -0.05) is 54.9 Å². The van der Waals surface area contributed by atoms with E-state index in [1.165, 1.54) is 6.20 Å². The Morgan fingerprint density at radius 3 is 2.73 bits per heavy atom. The molecule has 2 atom stereocenters. The Bertz CT molecular complexity index is 870. The van der Waals surface area contributed by atoms with Crippen molar-refractivity contribution >= 4 is 17.7 Å². The van der Waals surface area contributed by atoms with Crippen LogP contribution in [0.5, 0.6) is 0 Å². The average molecular weight is 440 g/mol. The van der Waals surface area contributed by atoms with Crippen LogP contribution < -0.4 is 0 Å². The van der Waals surface area contributed by atoms with Crippen molar-refractivity contribution < 1.29 is 22.7 Å². The van der Waals surface area contributed by atoms with Gasteiger partial charge < -0.3 is 14.2 Å². The minimum atomic E-state index is -4.39. The van der Waals surface area contributed by atoms with Crippen molar-refractivity contribution in [1.29, 1.82) is 0 Å². The molecule has 30 heavy (non-hydrogen) atoms. The first-order chi connectivity index (χ1) is 14.4. The Morgan fingerprint density at radius 2 is 1.97 bits per heavy atom. The van der Waals surface area contributed by atoms with E-state index in [4.69, 9.17) is 4.74 Å². The number of ether oxygens (including phenoxy) is 1. The summed E-state index contributed by atoms with van der Waals surface area (Å²) in [6.45, 7) is -0.0960. The van der Waals surface area contributed by atoms with Crippen LogP contribution in [-0.4, -0.2) is 57.6 Å². The highest BCUT2D eigenvalue weighted by Crippen LogP contribution is 2.32. The van der Waals surface area contributed by atoms with Gasteiger partial charge in [-0.15, -0.1) is 0 Å². The van der Waals surface area contributed by atoms with Gasteiger partial charge in [0.25, 0.3) is 0 Å². The number of aromatic nitrogens is 2. The summed E-state index contributed by atoms with van der Waals surface area (Å²) in [6, 6.07) is 8.94. The molecule has 1 aliphatic heterocycles. The lowest BCUT2D eigenvalue weighted by atomic mass is 9.90. The zero-order valence-corrected chi connectivity index (χ0v) is 17.3. The molecule has 1 aliphatic carbocycles. The number of halogens is 3. The summed E-state index contributed by atoms with van der Waals surface area (Å²) in [4.78, 5) is 19.0. The van der Waals surface area contributed by atoms with Gasteiger partial charge in [0.05, 0.1) is 36.4 Å². The van der Waals surface area contributed by atoms with E-state index in [9.17, 15) is 18.0 Å². The number of hydrogen-bond acceptors (Lipinski definition) is 4. The highest BCUT2D eigenvalue weighted by Gasteiger charge is 2.37. The Morgan fingerprint density at radius 1 is 1.20 bits per heavy atom. The second-order valence-electron chi connectivity index (χ2n) is 7.63. The van der Waals surface area contributed by atoms with Crippen LogP contribution in [0.15, 0.2) is 41.7 Å². The molecule has 2 aliphatic rings. The second kappa shape index (κ2) is 9.01. The van der Waals surface area contributed by atoms with Gasteiger partial charge in [-0.3, -0.25) is 4.79 Å². The van der Waals surface area contributed by atoms with E-state index < -0.39 is 12.7 Å². The number of amides is 1. The van der Waals surface area contributed by atoms with E-state index in [-0.39, 0.29) is 29.0 Å². The van der Waals surface area contributed by atoms with Crippen LogP contribution in [0.3, 0.4) is 0 Å². The maximum atomic E-state index is 13.2. The first-order valence-corrected chi connectivity index (χ1v) is 11.1. The predicted octanol–water partition coefficient (Wildman–Crippen LogP) is 4.37. The molecule has 1 aromatic heterocycles. The monoisotopic (exact) mass is 439 g/mol. The minimum absolute atomic E-state index is 0.0618. The summed E-state index contributed by atoms with van der Waals surface area (Å²) < 4.78 is 46.6. The predicted molar refractivity (Wildman–Crippen MR) is 108 cm³/mol. The topological polar surface area (TPSA) is 47.4 Å². The Kier molecular flexibility index (Phi) is 6.38. The fourth-order valence-corrected chi connectivity index (χ4v) is 5.13. The van der Waals surface area contributed by atoms with Crippen LogP contribution in [-0.2, 0) is 16.1 Å². The van der Waals surface area contributed by atoms with Gasteiger partial charge in [-0.25, -0.2) is 4.98 Å². The average Bonchev–Trinajstić information content (AvgIpc) is 3.13. The number of carbonyl (C=O) groups excluding carboxylic acids is 1. The zero-order valence-electron chi connectivity index (χ0n) is 16.5. The van der Waals surface area contributed by atoms with Crippen molar-refractivity contribution in [1.82, 2.24) is 14.5 Å². The SMILES string of the molecule is O=C(CSc1ncc(-c2ccccc2)n1CC(F)(F)F)N1CCOC2CCCCC21. The molecule has 1 amide bonds. The van der Waals surface area contributed by atoms with Crippen LogP contribution >= 0.6 is 11.8 Å². The van der Waals surface area contributed by atoms with Gasteiger partial charge in [0.2, 0.25) is 5.91 Å². The Labute approximate surface area is 177 Å². The molecular weight excluding hydrogens is 415 g/mol. The van der Waals surface area contributed by atoms with E-state index in [0.717, 1.165) is 42.0 Å². The maximum Gasteiger partial charge on any atom is 0.406 e. The maximum absolute atomic E-state index is 13.2. The number of benzene rings is 1. The third-order valence-electron chi connectivity index (χ3n) is 5.60. The summed E-state index contributed by atoms with van der Waals surface area (Å²) >= 11 is 1.06. The molecule has 4 rings (SSSR count). The summed E-state index contributed by atoms with van der Waals surface area (Å²) in [7, 11) is 0. The van der Waals surface area contributed by atoms with Crippen molar-refractivity contribution in [2.75, 3.05) is 18.9 Å². The number of nitrogens with zero attached hydrogens (tertiary/aromatic N) is 3. The third kappa shape index (κ3) is 4.83. The van der Waals surface area contributed by atoms with Crippen molar-refractivity contribution in [3.8, 4) is 11.3 Å². The molecule has 1 saturated carbocycles. The number of hydrogen-bond donors (Lipinski definition) is 0.